The van der Waals surface area contributed by atoms with Gasteiger partial charge in [0.05, 0.1) is 5.60 Å². The van der Waals surface area contributed by atoms with Crippen LogP contribution in [0.4, 0.5) is 0 Å². The Morgan fingerprint density at radius 3 is 2.00 bits per heavy atom. The third-order valence-corrected chi connectivity index (χ3v) is 6.60. The fraction of sp³-hybridized carbons (Fsp3) is 1.00. The van der Waals surface area contributed by atoms with E-state index >= 15 is 0 Å². The molecule has 0 atom stereocenters. The first kappa shape index (κ1) is 17.3. The lowest BCUT2D eigenvalue weighted by Gasteiger charge is -2.43. The van der Waals surface area contributed by atoms with Gasteiger partial charge >= 0.3 is 0 Å². The van der Waals surface area contributed by atoms with E-state index < -0.39 is 0 Å². The zero-order valence-corrected chi connectivity index (χ0v) is 14.8. The summed E-state index contributed by atoms with van der Waals surface area (Å²) in [5.74, 6) is 3.11. The SMILES string of the molecule is CCCCC1CCC([C@H]2CC[C@@](CCC)(OC)CC2)CC1. The molecule has 0 unspecified atom stereocenters. The zero-order valence-electron chi connectivity index (χ0n) is 14.8. The predicted octanol–water partition coefficient (Wildman–Crippen LogP) is 6.36. The van der Waals surface area contributed by atoms with E-state index in [9.17, 15) is 0 Å². The van der Waals surface area contributed by atoms with Gasteiger partial charge in [0.25, 0.3) is 0 Å². The Balaban J connectivity index is 1.73. The maximum absolute atomic E-state index is 5.92. The lowest BCUT2D eigenvalue weighted by atomic mass is 9.67. The number of hydrogen-bond donors (Lipinski definition) is 0. The highest BCUT2D eigenvalue weighted by Crippen LogP contribution is 2.45. The summed E-state index contributed by atoms with van der Waals surface area (Å²) in [6, 6.07) is 0. The minimum absolute atomic E-state index is 0.240. The molecule has 1 nitrogen and oxygen atoms in total. The van der Waals surface area contributed by atoms with E-state index in [1.807, 2.05) is 7.11 Å². The molecule has 0 aliphatic heterocycles. The highest BCUT2D eigenvalue weighted by molar-refractivity contribution is 4.90. The molecule has 0 heterocycles. The van der Waals surface area contributed by atoms with Gasteiger partial charge in [-0.15, -0.1) is 0 Å². The van der Waals surface area contributed by atoms with Crippen LogP contribution >= 0.6 is 0 Å². The van der Waals surface area contributed by atoms with Crippen LogP contribution in [-0.2, 0) is 4.74 Å². The Labute approximate surface area is 133 Å². The summed E-state index contributed by atoms with van der Waals surface area (Å²) >= 11 is 0. The van der Waals surface area contributed by atoms with Crippen molar-refractivity contribution in [2.45, 2.75) is 103 Å². The van der Waals surface area contributed by atoms with Gasteiger partial charge in [-0.1, -0.05) is 52.4 Å². The minimum atomic E-state index is 0.240. The molecule has 0 amide bonds. The van der Waals surface area contributed by atoms with E-state index in [0.29, 0.717) is 0 Å². The van der Waals surface area contributed by atoms with Gasteiger partial charge < -0.3 is 4.74 Å². The van der Waals surface area contributed by atoms with Gasteiger partial charge in [-0.3, -0.25) is 0 Å². The first-order valence-electron chi connectivity index (χ1n) is 9.78. The van der Waals surface area contributed by atoms with Crippen LogP contribution in [0, 0.1) is 17.8 Å². The van der Waals surface area contributed by atoms with Crippen molar-refractivity contribution in [3.63, 3.8) is 0 Å². The van der Waals surface area contributed by atoms with Crippen LogP contribution in [0.25, 0.3) is 0 Å². The highest BCUT2D eigenvalue weighted by atomic mass is 16.5. The lowest BCUT2D eigenvalue weighted by Crippen LogP contribution is -2.38. The monoisotopic (exact) mass is 294 g/mol. The zero-order chi connectivity index (χ0) is 15.1. The molecule has 0 radical (unpaired) electrons. The second-order valence-corrected chi connectivity index (χ2v) is 7.90. The number of hydrogen-bond acceptors (Lipinski definition) is 1. The third-order valence-electron chi connectivity index (χ3n) is 6.60. The van der Waals surface area contributed by atoms with Crippen molar-refractivity contribution in [3.05, 3.63) is 0 Å². The summed E-state index contributed by atoms with van der Waals surface area (Å²) in [6.45, 7) is 4.62. The van der Waals surface area contributed by atoms with Gasteiger partial charge in [0.1, 0.15) is 0 Å². The maximum Gasteiger partial charge on any atom is 0.0678 e. The standard InChI is InChI=1S/C20H38O/c1-4-6-7-17-8-10-18(11-9-17)19-12-15-20(21-3,14-5-2)16-13-19/h17-19H,4-16H2,1-3H3/t17?,18?,19-,20+. The van der Waals surface area contributed by atoms with E-state index in [2.05, 4.69) is 13.8 Å². The van der Waals surface area contributed by atoms with Gasteiger partial charge in [-0.2, -0.15) is 0 Å². The first-order chi connectivity index (χ1) is 10.2. The van der Waals surface area contributed by atoms with Gasteiger partial charge in [0, 0.05) is 7.11 Å². The van der Waals surface area contributed by atoms with E-state index in [0.717, 1.165) is 17.8 Å². The minimum Gasteiger partial charge on any atom is -0.378 e. The van der Waals surface area contributed by atoms with E-state index in [4.69, 9.17) is 4.74 Å². The molecule has 0 spiro atoms. The van der Waals surface area contributed by atoms with Crippen molar-refractivity contribution < 1.29 is 4.74 Å². The molecule has 0 N–H and O–H groups in total. The molecule has 2 aliphatic carbocycles. The molecule has 1 heteroatoms. The maximum atomic E-state index is 5.92. The summed E-state index contributed by atoms with van der Waals surface area (Å²) in [4.78, 5) is 0. The van der Waals surface area contributed by atoms with Crippen LogP contribution in [-0.4, -0.2) is 12.7 Å². The van der Waals surface area contributed by atoms with Crippen LogP contribution in [0.1, 0.15) is 97.3 Å². The lowest BCUT2D eigenvalue weighted by molar-refractivity contribution is -0.0629. The topological polar surface area (TPSA) is 9.23 Å². The molecule has 124 valence electrons. The Hall–Kier alpha value is -0.0400. The quantitative estimate of drug-likeness (QED) is 0.531. The van der Waals surface area contributed by atoms with Gasteiger partial charge in [0.15, 0.2) is 0 Å². The van der Waals surface area contributed by atoms with Crippen LogP contribution in [0.5, 0.6) is 0 Å². The van der Waals surface area contributed by atoms with Crippen molar-refractivity contribution in [1.82, 2.24) is 0 Å². The Bertz CT molecular complexity index is 270. The number of methoxy groups -OCH3 is 1. The summed E-state index contributed by atoms with van der Waals surface area (Å²) in [6.07, 6.45) is 18.4. The summed E-state index contributed by atoms with van der Waals surface area (Å²) in [7, 11) is 1.94. The molecule has 0 bridgehead atoms. The Kier molecular flexibility index (Phi) is 7.05. The molecule has 0 aromatic heterocycles. The van der Waals surface area contributed by atoms with Crippen molar-refractivity contribution in [2.24, 2.45) is 17.8 Å². The van der Waals surface area contributed by atoms with E-state index in [1.165, 1.54) is 83.5 Å². The normalized spacial score (nSPS) is 37.6. The second kappa shape index (κ2) is 8.56. The van der Waals surface area contributed by atoms with Crippen molar-refractivity contribution >= 4 is 0 Å². The third kappa shape index (κ3) is 4.71. The molecule has 21 heavy (non-hydrogen) atoms. The smallest absolute Gasteiger partial charge is 0.0678 e. The van der Waals surface area contributed by atoms with Crippen molar-refractivity contribution in [1.29, 1.82) is 0 Å². The first-order valence-corrected chi connectivity index (χ1v) is 9.78. The van der Waals surface area contributed by atoms with Crippen LogP contribution in [0.3, 0.4) is 0 Å². The number of ether oxygens (including phenoxy) is 1. The van der Waals surface area contributed by atoms with E-state index in [1.54, 1.807) is 0 Å². The van der Waals surface area contributed by atoms with Crippen LogP contribution < -0.4 is 0 Å². The summed E-state index contributed by atoms with van der Waals surface area (Å²) in [5, 5.41) is 0. The Morgan fingerprint density at radius 2 is 1.48 bits per heavy atom. The fourth-order valence-corrected chi connectivity index (χ4v) is 5.09. The Morgan fingerprint density at radius 1 is 0.857 bits per heavy atom. The van der Waals surface area contributed by atoms with E-state index in [-0.39, 0.29) is 5.60 Å². The highest BCUT2D eigenvalue weighted by Gasteiger charge is 2.37. The second-order valence-electron chi connectivity index (χ2n) is 7.90. The summed E-state index contributed by atoms with van der Waals surface area (Å²) < 4.78 is 5.92. The van der Waals surface area contributed by atoms with Crippen molar-refractivity contribution in [3.8, 4) is 0 Å². The molecule has 0 aromatic rings. The molecular formula is C20H38O. The predicted molar refractivity (Wildman–Crippen MR) is 91.6 cm³/mol. The molecule has 2 fully saturated rings. The van der Waals surface area contributed by atoms with Crippen LogP contribution in [0.2, 0.25) is 0 Å². The average molecular weight is 295 g/mol. The molecule has 2 saturated carbocycles. The van der Waals surface area contributed by atoms with Gasteiger partial charge in [-0.05, 0) is 62.7 Å². The molecule has 2 rings (SSSR count). The summed E-state index contributed by atoms with van der Waals surface area (Å²) in [5.41, 5.74) is 0.240. The molecular weight excluding hydrogens is 256 g/mol. The molecule has 2 aliphatic rings. The largest absolute Gasteiger partial charge is 0.378 e. The average Bonchev–Trinajstić information content (AvgIpc) is 2.54. The van der Waals surface area contributed by atoms with Crippen molar-refractivity contribution in [2.75, 3.05) is 7.11 Å². The van der Waals surface area contributed by atoms with Crippen LogP contribution in [0.15, 0.2) is 0 Å². The number of unbranched alkanes of at least 4 members (excludes halogenated alkanes) is 1. The number of rotatable bonds is 7. The van der Waals surface area contributed by atoms with Gasteiger partial charge in [0.2, 0.25) is 0 Å². The fourth-order valence-electron chi connectivity index (χ4n) is 5.09. The molecule has 0 saturated heterocycles. The molecule has 0 aromatic carbocycles. The van der Waals surface area contributed by atoms with Gasteiger partial charge in [-0.25, -0.2) is 0 Å².